The Kier molecular flexibility index (Phi) is 6.30. The largest absolute Gasteiger partial charge is 0.300 e. The molecule has 0 aliphatic carbocycles. The molecule has 2 amide bonds. The summed E-state index contributed by atoms with van der Waals surface area (Å²) >= 11 is 7.64. The number of thioether (sulfide) groups is 1. The summed E-state index contributed by atoms with van der Waals surface area (Å²) in [6.07, 6.45) is 2.29. The van der Waals surface area contributed by atoms with Crippen LogP contribution < -0.4 is 5.32 Å². The van der Waals surface area contributed by atoms with Gasteiger partial charge in [-0.2, -0.15) is 0 Å². The number of hydrogen-bond acceptors (Lipinski definition) is 7. The van der Waals surface area contributed by atoms with Crippen LogP contribution in [0.1, 0.15) is 23.9 Å². The number of carbonyl (C=O) groups excluding carboxylic acids is 2. The number of nitrogens with one attached hydrogen (secondary N) is 1. The van der Waals surface area contributed by atoms with Gasteiger partial charge in [0.25, 0.3) is 5.91 Å². The van der Waals surface area contributed by atoms with Gasteiger partial charge >= 0.3 is 0 Å². The van der Waals surface area contributed by atoms with Crippen molar-refractivity contribution in [3.63, 3.8) is 0 Å². The van der Waals surface area contributed by atoms with Crippen molar-refractivity contribution in [1.29, 1.82) is 0 Å². The van der Waals surface area contributed by atoms with Crippen molar-refractivity contribution in [1.82, 2.24) is 15.1 Å². The van der Waals surface area contributed by atoms with E-state index >= 15 is 0 Å². The quantitative estimate of drug-likeness (QED) is 0.568. The van der Waals surface area contributed by atoms with E-state index in [4.69, 9.17) is 12.2 Å². The van der Waals surface area contributed by atoms with E-state index in [0.29, 0.717) is 19.9 Å². The first-order chi connectivity index (χ1) is 13.0. The molecule has 1 fully saturated rings. The van der Waals surface area contributed by atoms with Crippen molar-refractivity contribution in [3.05, 3.63) is 45.6 Å². The normalized spacial score (nSPS) is 15.6. The van der Waals surface area contributed by atoms with E-state index in [1.807, 2.05) is 6.92 Å². The third-order valence-corrected chi connectivity index (χ3v) is 6.00. The van der Waals surface area contributed by atoms with Crippen molar-refractivity contribution < 1.29 is 14.0 Å². The maximum atomic E-state index is 13.8. The predicted octanol–water partition coefficient (Wildman–Crippen LogP) is 3.47. The Labute approximate surface area is 168 Å². The molecule has 0 radical (unpaired) electrons. The van der Waals surface area contributed by atoms with Gasteiger partial charge in [-0.05, 0) is 18.6 Å². The van der Waals surface area contributed by atoms with E-state index in [-0.39, 0.29) is 24.8 Å². The fraction of sp³-hybridized carbons (Fsp3) is 0.235. The molecule has 2 heterocycles. The summed E-state index contributed by atoms with van der Waals surface area (Å²) in [5.41, 5.74) is 0.318. The summed E-state index contributed by atoms with van der Waals surface area (Å²) in [6.45, 7) is 2.10. The number of halogens is 1. The zero-order valence-electron chi connectivity index (χ0n) is 14.3. The molecular formula is C17H15FN4O2S3. The standard InChI is InChI=1S/C17H15FN4O2S3/c1-2-14-20-21-16(27-14)19-13(23)7-8-22-15(24)12(26-17(22)25)9-10-5-3-4-6-11(10)18/h3-6,9H,2,7-8H2,1H3,(H,19,21,23)/b12-9+. The molecule has 0 spiro atoms. The van der Waals surface area contributed by atoms with Crippen molar-refractivity contribution in [3.8, 4) is 0 Å². The first-order valence-corrected chi connectivity index (χ1v) is 10.1. The smallest absolute Gasteiger partial charge is 0.266 e. The Balaban J connectivity index is 1.60. The van der Waals surface area contributed by atoms with Gasteiger partial charge in [0.15, 0.2) is 0 Å². The van der Waals surface area contributed by atoms with Gasteiger partial charge in [-0.1, -0.05) is 60.4 Å². The SMILES string of the molecule is CCc1nnc(NC(=O)CCN2C(=O)/C(=C\c3ccccc3F)SC2=S)s1. The number of thiocarbonyl (C=S) groups is 1. The van der Waals surface area contributed by atoms with Gasteiger partial charge in [0.05, 0.1) is 4.91 Å². The molecule has 1 saturated heterocycles. The van der Waals surface area contributed by atoms with Crippen LogP contribution in [0.3, 0.4) is 0 Å². The minimum atomic E-state index is -0.411. The van der Waals surface area contributed by atoms with Crippen LogP contribution in [0, 0.1) is 5.82 Å². The van der Waals surface area contributed by atoms with Gasteiger partial charge in [-0.15, -0.1) is 10.2 Å². The minimum absolute atomic E-state index is 0.0699. The highest BCUT2D eigenvalue weighted by molar-refractivity contribution is 8.26. The van der Waals surface area contributed by atoms with Gasteiger partial charge in [-0.3, -0.25) is 14.5 Å². The predicted molar refractivity (Wildman–Crippen MR) is 109 cm³/mol. The van der Waals surface area contributed by atoms with Gasteiger partial charge in [0.2, 0.25) is 11.0 Å². The average Bonchev–Trinajstić information content (AvgIpc) is 3.20. The first kappa shape index (κ1) is 19.6. The molecule has 0 saturated carbocycles. The molecule has 0 unspecified atom stereocenters. The fourth-order valence-corrected chi connectivity index (χ4v) is 4.26. The number of aryl methyl sites for hydroxylation is 1. The zero-order chi connectivity index (χ0) is 19.4. The Morgan fingerprint density at radius 2 is 2.15 bits per heavy atom. The second kappa shape index (κ2) is 8.68. The fourth-order valence-electron chi connectivity index (χ4n) is 2.27. The maximum absolute atomic E-state index is 13.8. The lowest BCUT2D eigenvalue weighted by Gasteiger charge is -2.13. The topological polar surface area (TPSA) is 75.2 Å². The summed E-state index contributed by atoms with van der Waals surface area (Å²) < 4.78 is 14.1. The van der Waals surface area contributed by atoms with Crippen LogP contribution in [-0.2, 0) is 16.0 Å². The van der Waals surface area contributed by atoms with E-state index in [1.54, 1.807) is 18.2 Å². The Bertz CT molecular complexity index is 928. The Hall–Kier alpha value is -2.17. The zero-order valence-corrected chi connectivity index (χ0v) is 16.7. The number of nitrogens with zero attached hydrogens (tertiary/aromatic N) is 3. The van der Waals surface area contributed by atoms with E-state index in [0.717, 1.165) is 23.2 Å². The molecule has 1 aromatic carbocycles. The molecule has 140 valence electrons. The van der Waals surface area contributed by atoms with Crippen LogP contribution in [-0.4, -0.2) is 37.8 Å². The molecule has 0 atom stereocenters. The number of carbonyl (C=O) groups is 2. The number of amides is 2. The number of hydrogen-bond donors (Lipinski definition) is 1. The molecule has 0 bridgehead atoms. The Morgan fingerprint density at radius 3 is 2.85 bits per heavy atom. The molecule has 1 aliphatic rings. The van der Waals surface area contributed by atoms with Crippen LogP contribution in [0.15, 0.2) is 29.2 Å². The summed E-state index contributed by atoms with van der Waals surface area (Å²) in [5, 5.41) is 11.7. The van der Waals surface area contributed by atoms with E-state index in [2.05, 4.69) is 15.5 Å². The van der Waals surface area contributed by atoms with Crippen molar-refractivity contribution in [2.24, 2.45) is 0 Å². The van der Waals surface area contributed by atoms with Crippen LogP contribution in [0.5, 0.6) is 0 Å². The Morgan fingerprint density at radius 1 is 1.37 bits per heavy atom. The monoisotopic (exact) mass is 422 g/mol. The number of benzene rings is 1. The van der Waals surface area contributed by atoms with E-state index in [9.17, 15) is 14.0 Å². The van der Waals surface area contributed by atoms with Gasteiger partial charge in [-0.25, -0.2) is 4.39 Å². The van der Waals surface area contributed by atoms with Crippen LogP contribution >= 0.6 is 35.3 Å². The lowest BCUT2D eigenvalue weighted by atomic mass is 10.2. The van der Waals surface area contributed by atoms with Crippen LogP contribution in [0.25, 0.3) is 6.08 Å². The average molecular weight is 423 g/mol. The molecule has 1 aromatic heterocycles. The van der Waals surface area contributed by atoms with E-state index < -0.39 is 5.82 Å². The molecule has 3 rings (SSSR count). The highest BCUT2D eigenvalue weighted by Gasteiger charge is 2.32. The lowest BCUT2D eigenvalue weighted by Crippen LogP contribution is -2.31. The molecule has 6 nitrogen and oxygen atoms in total. The van der Waals surface area contributed by atoms with Gasteiger partial charge in [0, 0.05) is 18.5 Å². The van der Waals surface area contributed by atoms with Gasteiger partial charge in [0.1, 0.15) is 15.1 Å². The maximum Gasteiger partial charge on any atom is 0.266 e. The third-order valence-electron chi connectivity index (χ3n) is 3.64. The number of rotatable bonds is 6. The second-order valence-corrected chi connectivity index (χ2v) is 8.25. The molecule has 1 N–H and O–H groups in total. The molecule has 1 aliphatic heterocycles. The minimum Gasteiger partial charge on any atom is -0.300 e. The summed E-state index contributed by atoms with van der Waals surface area (Å²) in [6, 6.07) is 6.19. The number of aromatic nitrogens is 2. The highest BCUT2D eigenvalue weighted by atomic mass is 32.2. The number of anilines is 1. The third kappa shape index (κ3) is 4.76. The molecular weight excluding hydrogens is 407 g/mol. The van der Waals surface area contributed by atoms with Crippen molar-refractivity contribution >= 4 is 62.7 Å². The lowest BCUT2D eigenvalue weighted by molar-refractivity contribution is -0.122. The highest BCUT2D eigenvalue weighted by Crippen LogP contribution is 2.33. The van der Waals surface area contributed by atoms with Crippen LogP contribution in [0.2, 0.25) is 0 Å². The molecule has 2 aromatic rings. The summed E-state index contributed by atoms with van der Waals surface area (Å²) in [7, 11) is 0. The van der Waals surface area contributed by atoms with Crippen molar-refractivity contribution in [2.75, 3.05) is 11.9 Å². The van der Waals surface area contributed by atoms with Crippen molar-refractivity contribution in [2.45, 2.75) is 19.8 Å². The van der Waals surface area contributed by atoms with Crippen LogP contribution in [0.4, 0.5) is 9.52 Å². The van der Waals surface area contributed by atoms with E-state index in [1.165, 1.54) is 28.4 Å². The first-order valence-electron chi connectivity index (χ1n) is 8.10. The summed E-state index contributed by atoms with van der Waals surface area (Å²) in [4.78, 5) is 26.3. The second-order valence-electron chi connectivity index (χ2n) is 5.51. The van der Waals surface area contributed by atoms with Gasteiger partial charge < -0.3 is 5.32 Å². The molecule has 10 heteroatoms. The summed E-state index contributed by atoms with van der Waals surface area (Å²) in [5.74, 6) is -1.02. The molecule has 27 heavy (non-hydrogen) atoms.